The van der Waals surface area contributed by atoms with Crippen LogP contribution in [-0.2, 0) is 14.3 Å². The molecule has 0 fully saturated rings. The highest BCUT2D eigenvalue weighted by atomic mass is 16.5. The molecular weight excluding hydrogens is 248 g/mol. The van der Waals surface area contributed by atoms with Crippen LogP contribution in [0.15, 0.2) is 30.6 Å². The van der Waals surface area contributed by atoms with E-state index in [-0.39, 0.29) is 13.0 Å². The molecule has 0 saturated heterocycles. The molecule has 100 valence electrons. The lowest BCUT2D eigenvalue weighted by molar-refractivity contribution is -0.150. The first-order valence-corrected chi connectivity index (χ1v) is 5.93. The molecule has 19 heavy (non-hydrogen) atoms. The number of carboxylic acid groups (broad SMARTS) is 1. The fourth-order valence-electron chi connectivity index (χ4n) is 1.91. The van der Waals surface area contributed by atoms with Gasteiger partial charge in [-0.15, -0.1) is 0 Å². The van der Waals surface area contributed by atoms with Gasteiger partial charge in [0, 0.05) is 0 Å². The minimum absolute atomic E-state index is 0.219. The molecule has 0 aliphatic carbocycles. The van der Waals surface area contributed by atoms with Gasteiger partial charge in [-0.25, -0.2) is 9.78 Å². The molecule has 0 amide bonds. The zero-order chi connectivity index (χ0) is 13.8. The van der Waals surface area contributed by atoms with Gasteiger partial charge in [0.2, 0.25) is 0 Å². The van der Waals surface area contributed by atoms with Crippen LogP contribution in [0.5, 0.6) is 0 Å². The van der Waals surface area contributed by atoms with E-state index in [0.29, 0.717) is 11.0 Å². The van der Waals surface area contributed by atoms with Gasteiger partial charge < -0.3 is 14.4 Å². The maximum absolute atomic E-state index is 11.5. The van der Waals surface area contributed by atoms with Gasteiger partial charge in [0.1, 0.15) is 6.04 Å². The summed E-state index contributed by atoms with van der Waals surface area (Å²) in [6.07, 6.45) is 1.21. The number of aromatic nitrogens is 2. The normalized spacial score (nSPS) is 12.3. The summed E-state index contributed by atoms with van der Waals surface area (Å²) in [6.45, 7) is 1.91. The number of ether oxygens (including phenoxy) is 1. The number of carbonyl (C=O) groups excluding carboxylic acids is 1. The van der Waals surface area contributed by atoms with Gasteiger partial charge >= 0.3 is 11.9 Å². The van der Waals surface area contributed by atoms with E-state index in [4.69, 9.17) is 4.74 Å². The molecule has 1 atom stereocenters. The monoisotopic (exact) mass is 262 g/mol. The smallest absolute Gasteiger partial charge is 0.327 e. The van der Waals surface area contributed by atoms with E-state index in [1.165, 1.54) is 10.9 Å². The molecule has 6 heteroatoms. The van der Waals surface area contributed by atoms with Gasteiger partial charge in [-0.2, -0.15) is 0 Å². The number of hydrogen-bond donors (Lipinski definition) is 1. The van der Waals surface area contributed by atoms with E-state index in [1.54, 1.807) is 25.1 Å². The Kier molecular flexibility index (Phi) is 3.79. The summed E-state index contributed by atoms with van der Waals surface area (Å²) >= 11 is 0. The summed E-state index contributed by atoms with van der Waals surface area (Å²) in [5.41, 5.74) is 1.37. The number of carboxylic acids is 1. The number of rotatable bonds is 5. The molecule has 6 nitrogen and oxygen atoms in total. The van der Waals surface area contributed by atoms with Crippen LogP contribution in [0.4, 0.5) is 0 Å². The van der Waals surface area contributed by atoms with Crippen molar-refractivity contribution in [3.63, 3.8) is 0 Å². The first-order valence-electron chi connectivity index (χ1n) is 5.93. The first kappa shape index (κ1) is 13.1. The molecule has 0 saturated carbocycles. The van der Waals surface area contributed by atoms with Crippen LogP contribution < -0.4 is 0 Å². The van der Waals surface area contributed by atoms with E-state index >= 15 is 0 Å². The fraction of sp³-hybridized carbons (Fsp3) is 0.308. The number of nitrogens with zero attached hydrogens (tertiary/aromatic N) is 2. The summed E-state index contributed by atoms with van der Waals surface area (Å²) < 4.78 is 6.28. The van der Waals surface area contributed by atoms with Crippen LogP contribution >= 0.6 is 0 Å². The van der Waals surface area contributed by atoms with Gasteiger partial charge in [-0.1, -0.05) is 12.1 Å². The van der Waals surface area contributed by atoms with Crippen molar-refractivity contribution in [2.75, 3.05) is 6.61 Å². The lowest BCUT2D eigenvalue weighted by Crippen LogP contribution is -2.22. The maximum atomic E-state index is 11.5. The Bertz CT molecular complexity index is 605. The van der Waals surface area contributed by atoms with Crippen LogP contribution in [0.3, 0.4) is 0 Å². The number of fused-ring (bicyclic) bond motifs is 1. The minimum Gasteiger partial charge on any atom is -0.480 e. The molecule has 0 spiro atoms. The van der Waals surface area contributed by atoms with Gasteiger partial charge in [-0.05, 0) is 19.1 Å². The molecule has 0 aliphatic heterocycles. The van der Waals surface area contributed by atoms with Gasteiger partial charge in [0.25, 0.3) is 0 Å². The van der Waals surface area contributed by atoms with Crippen molar-refractivity contribution in [1.29, 1.82) is 0 Å². The molecular formula is C13H14N2O4. The SMILES string of the molecule is CCOC(=O)CC(C(=O)O)n1cnc2ccccc21. The third kappa shape index (κ3) is 2.73. The van der Waals surface area contributed by atoms with Crippen LogP contribution in [0, 0.1) is 0 Å². The average Bonchev–Trinajstić information content (AvgIpc) is 2.79. The molecule has 0 radical (unpaired) electrons. The topological polar surface area (TPSA) is 81.4 Å². The largest absolute Gasteiger partial charge is 0.480 e. The third-order valence-corrected chi connectivity index (χ3v) is 2.77. The zero-order valence-electron chi connectivity index (χ0n) is 10.4. The van der Waals surface area contributed by atoms with Crippen molar-refractivity contribution in [2.45, 2.75) is 19.4 Å². The third-order valence-electron chi connectivity index (χ3n) is 2.77. The van der Waals surface area contributed by atoms with Crippen molar-refractivity contribution in [3.05, 3.63) is 30.6 Å². The summed E-state index contributed by atoms with van der Waals surface area (Å²) in [5, 5.41) is 9.27. The number of imidazole rings is 1. The minimum atomic E-state index is -1.09. The standard InChI is InChI=1S/C13H14N2O4/c1-2-19-12(16)7-11(13(17)18)15-8-14-9-5-3-4-6-10(9)15/h3-6,8,11H,2,7H2,1H3,(H,17,18). The number of benzene rings is 1. The second-order valence-corrected chi connectivity index (χ2v) is 4.00. The highest BCUT2D eigenvalue weighted by Gasteiger charge is 2.25. The van der Waals surface area contributed by atoms with Crippen LogP contribution in [0.2, 0.25) is 0 Å². The molecule has 1 aromatic carbocycles. The van der Waals surface area contributed by atoms with Gasteiger partial charge in [0.15, 0.2) is 0 Å². The number of para-hydroxylation sites is 2. The number of esters is 1. The van der Waals surface area contributed by atoms with Crippen molar-refractivity contribution >= 4 is 23.0 Å². The Labute approximate surface area is 109 Å². The quantitative estimate of drug-likeness (QED) is 0.828. The molecule has 2 rings (SSSR count). The second-order valence-electron chi connectivity index (χ2n) is 4.00. The second kappa shape index (κ2) is 5.51. The first-order chi connectivity index (χ1) is 9.13. The number of aliphatic carboxylic acids is 1. The number of hydrogen-bond acceptors (Lipinski definition) is 4. The van der Waals surface area contributed by atoms with E-state index in [9.17, 15) is 14.7 Å². The lowest BCUT2D eigenvalue weighted by Gasteiger charge is -2.14. The predicted molar refractivity (Wildman–Crippen MR) is 67.7 cm³/mol. The van der Waals surface area contributed by atoms with Crippen LogP contribution in [0.1, 0.15) is 19.4 Å². The Morgan fingerprint density at radius 1 is 1.42 bits per heavy atom. The average molecular weight is 262 g/mol. The molecule has 1 heterocycles. The van der Waals surface area contributed by atoms with E-state index in [2.05, 4.69) is 4.98 Å². The Morgan fingerprint density at radius 2 is 2.16 bits per heavy atom. The molecule has 1 N–H and O–H groups in total. The Balaban J connectivity index is 2.34. The van der Waals surface area contributed by atoms with Crippen molar-refractivity contribution in [3.8, 4) is 0 Å². The zero-order valence-corrected chi connectivity index (χ0v) is 10.4. The van der Waals surface area contributed by atoms with E-state index in [1.807, 2.05) is 6.07 Å². The van der Waals surface area contributed by atoms with Crippen molar-refractivity contribution in [1.82, 2.24) is 9.55 Å². The molecule has 0 bridgehead atoms. The Morgan fingerprint density at radius 3 is 2.84 bits per heavy atom. The molecule has 2 aromatic rings. The molecule has 1 aromatic heterocycles. The van der Waals surface area contributed by atoms with Gasteiger partial charge in [0.05, 0.1) is 30.4 Å². The predicted octanol–water partition coefficient (Wildman–Crippen LogP) is 1.62. The maximum Gasteiger partial charge on any atom is 0.327 e. The summed E-state index contributed by atoms with van der Waals surface area (Å²) in [5.74, 6) is -1.62. The summed E-state index contributed by atoms with van der Waals surface area (Å²) in [7, 11) is 0. The highest BCUT2D eigenvalue weighted by Crippen LogP contribution is 2.20. The van der Waals surface area contributed by atoms with Gasteiger partial charge in [-0.3, -0.25) is 4.79 Å². The molecule has 1 unspecified atom stereocenters. The lowest BCUT2D eigenvalue weighted by atomic mass is 10.2. The van der Waals surface area contributed by atoms with Crippen molar-refractivity contribution in [2.24, 2.45) is 0 Å². The van der Waals surface area contributed by atoms with E-state index < -0.39 is 18.0 Å². The fourth-order valence-corrected chi connectivity index (χ4v) is 1.91. The van der Waals surface area contributed by atoms with E-state index in [0.717, 1.165) is 0 Å². The summed E-state index contributed by atoms with van der Waals surface area (Å²) in [6, 6.07) is 6.16. The Hall–Kier alpha value is -2.37. The number of carbonyl (C=O) groups is 2. The van der Waals surface area contributed by atoms with Crippen LogP contribution in [0.25, 0.3) is 11.0 Å². The van der Waals surface area contributed by atoms with Crippen molar-refractivity contribution < 1.29 is 19.4 Å². The summed E-state index contributed by atoms with van der Waals surface area (Å²) in [4.78, 5) is 26.9. The molecule has 0 aliphatic rings. The van der Waals surface area contributed by atoms with Crippen LogP contribution in [-0.4, -0.2) is 33.2 Å². The highest BCUT2D eigenvalue weighted by molar-refractivity contribution is 5.83.